The number of sulfone groups is 1. The number of para-hydroxylation sites is 1. The first-order valence-electron chi connectivity index (χ1n) is 5.98. The lowest BCUT2D eigenvalue weighted by Crippen LogP contribution is -2.09. The van der Waals surface area contributed by atoms with Gasteiger partial charge >= 0.3 is 5.97 Å². The molecule has 0 amide bonds. The summed E-state index contributed by atoms with van der Waals surface area (Å²) in [5.74, 6) is -1.12. The molecule has 0 aliphatic heterocycles. The van der Waals surface area contributed by atoms with Gasteiger partial charge in [-0.05, 0) is 19.1 Å². The first-order valence-corrected chi connectivity index (χ1v) is 7.63. The van der Waals surface area contributed by atoms with Gasteiger partial charge in [0.15, 0.2) is 9.84 Å². The quantitative estimate of drug-likeness (QED) is 0.926. The first kappa shape index (κ1) is 14.3. The van der Waals surface area contributed by atoms with Gasteiger partial charge < -0.3 is 5.11 Å². The highest BCUT2D eigenvalue weighted by molar-refractivity contribution is 7.91. The Balaban J connectivity index is 2.66. The molecule has 0 spiro atoms. The van der Waals surface area contributed by atoms with E-state index in [4.69, 9.17) is 5.11 Å². The van der Waals surface area contributed by atoms with Crippen molar-refractivity contribution in [1.82, 2.24) is 9.78 Å². The topological polar surface area (TPSA) is 89.3 Å². The van der Waals surface area contributed by atoms with E-state index >= 15 is 0 Å². The van der Waals surface area contributed by atoms with Crippen LogP contribution in [-0.4, -0.2) is 35.0 Å². The summed E-state index contributed by atoms with van der Waals surface area (Å²) < 4.78 is 25.4. The molecule has 0 aliphatic rings. The van der Waals surface area contributed by atoms with Crippen molar-refractivity contribution in [2.45, 2.75) is 18.7 Å². The molecule has 0 unspecified atom stereocenters. The molecule has 0 saturated carbocycles. The summed E-state index contributed by atoms with van der Waals surface area (Å²) in [7, 11) is -3.41. The summed E-state index contributed by atoms with van der Waals surface area (Å²) in [6, 6.07) is 6.40. The van der Waals surface area contributed by atoms with E-state index in [0.29, 0.717) is 11.4 Å². The van der Waals surface area contributed by atoms with Gasteiger partial charge in [-0.2, -0.15) is 5.10 Å². The third-order valence-corrected chi connectivity index (χ3v) is 4.73. The normalized spacial score (nSPS) is 11.5. The molecule has 0 fully saturated rings. The Morgan fingerprint density at radius 1 is 1.35 bits per heavy atom. The van der Waals surface area contributed by atoms with Gasteiger partial charge in [0, 0.05) is 6.20 Å². The van der Waals surface area contributed by atoms with Crippen LogP contribution in [0.25, 0.3) is 5.69 Å². The van der Waals surface area contributed by atoms with Crippen LogP contribution in [0.2, 0.25) is 0 Å². The number of benzene rings is 1. The molecule has 1 N–H and O–H groups in total. The lowest BCUT2D eigenvalue weighted by Gasteiger charge is -2.08. The fourth-order valence-electron chi connectivity index (χ4n) is 1.86. The fraction of sp³-hybridized carbons (Fsp3) is 0.231. The maximum absolute atomic E-state index is 12.1. The standard InChI is InChI=1S/C13H14N2O4S/c1-3-20(18,19)12-7-5-4-6-11(12)15-8-10(13(16)17)9(2)14-15/h4-8H,3H2,1-2H3,(H,16,17). The number of aryl methyl sites for hydroxylation is 1. The van der Waals surface area contributed by atoms with Crippen LogP contribution in [0.3, 0.4) is 0 Å². The van der Waals surface area contributed by atoms with Crippen LogP contribution in [0.4, 0.5) is 0 Å². The van der Waals surface area contributed by atoms with Crippen molar-refractivity contribution in [1.29, 1.82) is 0 Å². The van der Waals surface area contributed by atoms with E-state index in [9.17, 15) is 13.2 Å². The van der Waals surface area contributed by atoms with E-state index in [0.717, 1.165) is 0 Å². The van der Waals surface area contributed by atoms with Gasteiger partial charge in [-0.3, -0.25) is 0 Å². The summed E-state index contributed by atoms with van der Waals surface area (Å²) in [6.45, 7) is 3.13. The molecule has 6 nitrogen and oxygen atoms in total. The highest BCUT2D eigenvalue weighted by Gasteiger charge is 2.19. The average Bonchev–Trinajstić information content (AvgIpc) is 2.81. The highest BCUT2D eigenvalue weighted by atomic mass is 32.2. The molecule has 0 bridgehead atoms. The Hall–Kier alpha value is -2.15. The molecule has 0 radical (unpaired) electrons. The number of carboxylic acids is 1. The molecular formula is C13H14N2O4S. The molecule has 0 atom stereocenters. The van der Waals surface area contributed by atoms with Crippen molar-refractivity contribution in [3.63, 3.8) is 0 Å². The van der Waals surface area contributed by atoms with Gasteiger partial charge in [0.2, 0.25) is 0 Å². The van der Waals surface area contributed by atoms with Crippen LogP contribution >= 0.6 is 0 Å². The number of hydrogen-bond donors (Lipinski definition) is 1. The minimum absolute atomic E-state index is 0.0317. The van der Waals surface area contributed by atoms with Crippen LogP contribution in [0, 0.1) is 6.92 Å². The van der Waals surface area contributed by atoms with Gasteiger partial charge in [-0.1, -0.05) is 19.1 Å². The lowest BCUT2D eigenvalue weighted by molar-refractivity contribution is 0.0696. The fourth-order valence-corrected chi connectivity index (χ4v) is 2.94. The first-order chi connectivity index (χ1) is 9.36. The third-order valence-electron chi connectivity index (χ3n) is 2.96. The Labute approximate surface area is 116 Å². The van der Waals surface area contributed by atoms with E-state index in [2.05, 4.69) is 5.10 Å². The van der Waals surface area contributed by atoms with E-state index in [1.54, 1.807) is 32.0 Å². The van der Waals surface area contributed by atoms with Crippen molar-refractivity contribution in [3.8, 4) is 5.69 Å². The largest absolute Gasteiger partial charge is 0.478 e. The van der Waals surface area contributed by atoms with Crippen molar-refractivity contribution in [2.75, 3.05) is 5.75 Å². The zero-order valence-corrected chi connectivity index (χ0v) is 11.9. The smallest absolute Gasteiger partial charge is 0.339 e. The van der Waals surface area contributed by atoms with Crippen LogP contribution in [0.1, 0.15) is 23.0 Å². The van der Waals surface area contributed by atoms with Gasteiger partial charge in [-0.25, -0.2) is 17.9 Å². The highest BCUT2D eigenvalue weighted by Crippen LogP contribution is 2.21. The molecule has 1 heterocycles. The van der Waals surface area contributed by atoms with Gasteiger partial charge in [0.05, 0.1) is 22.0 Å². The Morgan fingerprint density at radius 2 is 2.00 bits per heavy atom. The van der Waals surface area contributed by atoms with Crippen molar-refractivity contribution in [2.24, 2.45) is 0 Å². The van der Waals surface area contributed by atoms with Crippen LogP contribution < -0.4 is 0 Å². The minimum atomic E-state index is -3.41. The van der Waals surface area contributed by atoms with Crippen LogP contribution in [0.15, 0.2) is 35.4 Å². The zero-order valence-electron chi connectivity index (χ0n) is 11.1. The molecule has 20 heavy (non-hydrogen) atoms. The molecule has 7 heteroatoms. The molecule has 0 saturated heterocycles. The zero-order chi connectivity index (χ0) is 14.9. The number of rotatable bonds is 4. The Bertz CT molecular complexity index is 762. The average molecular weight is 294 g/mol. The molecule has 1 aromatic heterocycles. The van der Waals surface area contributed by atoms with Crippen molar-refractivity contribution in [3.05, 3.63) is 41.7 Å². The number of carbonyl (C=O) groups is 1. The Kier molecular flexibility index (Phi) is 3.63. The predicted molar refractivity (Wildman–Crippen MR) is 73.0 cm³/mol. The van der Waals surface area contributed by atoms with E-state index < -0.39 is 15.8 Å². The molecular weight excluding hydrogens is 280 g/mol. The van der Waals surface area contributed by atoms with Crippen LogP contribution in [-0.2, 0) is 9.84 Å². The number of nitrogens with zero attached hydrogens (tertiary/aromatic N) is 2. The van der Waals surface area contributed by atoms with Crippen LogP contribution in [0.5, 0.6) is 0 Å². The van der Waals surface area contributed by atoms with Gasteiger partial charge in [0.1, 0.15) is 5.56 Å². The molecule has 2 aromatic rings. The number of carboxylic acid groups (broad SMARTS) is 1. The number of hydrogen-bond acceptors (Lipinski definition) is 4. The number of aromatic carboxylic acids is 1. The summed E-state index contributed by atoms with van der Waals surface area (Å²) in [5, 5.41) is 13.1. The third kappa shape index (κ3) is 2.44. The number of aromatic nitrogens is 2. The maximum Gasteiger partial charge on any atom is 0.339 e. The summed E-state index contributed by atoms with van der Waals surface area (Å²) in [6.07, 6.45) is 1.32. The summed E-state index contributed by atoms with van der Waals surface area (Å²) >= 11 is 0. The molecule has 2 rings (SSSR count). The second kappa shape index (κ2) is 5.09. The van der Waals surface area contributed by atoms with Crippen molar-refractivity contribution < 1.29 is 18.3 Å². The predicted octanol–water partition coefficient (Wildman–Crippen LogP) is 1.67. The van der Waals surface area contributed by atoms with E-state index in [1.807, 2.05) is 0 Å². The summed E-state index contributed by atoms with van der Waals surface area (Å²) in [5.41, 5.74) is 0.736. The molecule has 106 valence electrons. The van der Waals surface area contributed by atoms with E-state index in [1.165, 1.54) is 16.9 Å². The molecule has 0 aliphatic carbocycles. The second-order valence-electron chi connectivity index (χ2n) is 4.25. The second-order valence-corrected chi connectivity index (χ2v) is 6.50. The lowest BCUT2D eigenvalue weighted by atomic mass is 10.3. The van der Waals surface area contributed by atoms with Crippen molar-refractivity contribution >= 4 is 15.8 Å². The minimum Gasteiger partial charge on any atom is -0.478 e. The Morgan fingerprint density at radius 3 is 2.55 bits per heavy atom. The summed E-state index contributed by atoms with van der Waals surface area (Å²) in [4.78, 5) is 11.2. The monoisotopic (exact) mass is 294 g/mol. The SMILES string of the molecule is CCS(=O)(=O)c1ccccc1-n1cc(C(=O)O)c(C)n1. The molecule has 1 aromatic carbocycles. The maximum atomic E-state index is 12.1. The van der Waals surface area contributed by atoms with Gasteiger partial charge in [0.25, 0.3) is 0 Å². The van der Waals surface area contributed by atoms with E-state index in [-0.39, 0.29) is 16.2 Å². The van der Waals surface area contributed by atoms with Gasteiger partial charge in [-0.15, -0.1) is 0 Å².